The number of sulfone groups is 1. The van der Waals surface area contributed by atoms with Crippen LogP contribution in [0, 0.1) is 5.92 Å². The third-order valence-electron chi connectivity index (χ3n) is 2.86. The number of guanidine groups is 1. The van der Waals surface area contributed by atoms with Gasteiger partial charge in [0.25, 0.3) is 0 Å². The first-order chi connectivity index (χ1) is 9.85. The van der Waals surface area contributed by atoms with E-state index in [1.807, 2.05) is 0 Å². The van der Waals surface area contributed by atoms with Gasteiger partial charge in [0.1, 0.15) is 9.84 Å². The minimum atomic E-state index is -2.94. The molecule has 6 nitrogen and oxygen atoms in total. The Bertz CT molecular complexity index is 387. The maximum absolute atomic E-state index is 10.9. The highest BCUT2D eigenvalue weighted by Gasteiger charge is 2.01. The molecule has 0 aliphatic carbocycles. The first kappa shape index (κ1) is 24.2. The number of hydrogen-bond donors (Lipinski definition) is 2. The topological polar surface area (TPSA) is 79.8 Å². The highest BCUT2D eigenvalue weighted by Crippen LogP contribution is 2.04. The summed E-state index contributed by atoms with van der Waals surface area (Å²) in [4.78, 5) is 4.12. The monoisotopic (exact) mass is 449 g/mol. The lowest BCUT2D eigenvalue weighted by Crippen LogP contribution is -2.39. The molecule has 0 aliphatic heterocycles. The van der Waals surface area contributed by atoms with E-state index >= 15 is 0 Å². The van der Waals surface area contributed by atoms with Crippen LogP contribution in [0.25, 0.3) is 0 Å². The van der Waals surface area contributed by atoms with Crippen LogP contribution < -0.4 is 10.6 Å². The van der Waals surface area contributed by atoms with Crippen LogP contribution in [0.3, 0.4) is 0 Å². The summed E-state index contributed by atoms with van der Waals surface area (Å²) in [6, 6.07) is 0. The molecule has 0 heterocycles. The second-order valence-electron chi connectivity index (χ2n) is 5.56. The van der Waals surface area contributed by atoms with Crippen LogP contribution in [0.4, 0.5) is 0 Å². The zero-order valence-corrected chi connectivity index (χ0v) is 17.4. The number of aliphatic imine (C=N–C) groups is 1. The maximum Gasteiger partial charge on any atom is 0.191 e. The van der Waals surface area contributed by atoms with E-state index in [-0.39, 0.29) is 36.3 Å². The number of nitrogens with zero attached hydrogens (tertiary/aromatic N) is 1. The van der Waals surface area contributed by atoms with Crippen LogP contribution in [-0.2, 0) is 14.6 Å². The van der Waals surface area contributed by atoms with Crippen molar-refractivity contribution in [3.63, 3.8) is 0 Å². The first-order valence-corrected chi connectivity index (χ1v) is 9.61. The minimum Gasteiger partial charge on any atom is -0.379 e. The standard InChI is InChI=1S/C14H31N3O3S.HI/c1-13(2)7-5-6-8-16-14(15-3)17-9-10-20-11-12-21(4,18)19;/h13H,5-12H2,1-4H3,(H2,15,16,17);1H. The molecule has 0 bridgehead atoms. The Morgan fingerprint density at radius 3 is 2.32 bits per heavy atom. The molecule has 0 aliphatic rings. The molecule has 0 rings (SSSR count). The fraction of sp³-hybridized carbons (Fsp3) is 0.929. The first-order valence-electron chi connectivity index (χ1n) is 7.55. The number of halogens is 1. The summed E-state index contributed by atoms with van der Waals surface area (Å²) in [6.07, 6.45) is 4.81. The van der Waals surface area contributed by atoms with Crippen LogP contribution >= 0.6 is 24.0 Å². The van der Waals surface area contributed by atoms with Crippen molar-refractivity contribution in [3.05, 3.63) is 0 Å². The van der Waals surface area contributed by atoms with Gasteiger partial charge in [-0.25, -0.2) is 8.42 Å². The number of ether oxygens (including phenoxy) is 1. The summed E-state index contributed by atoms with van der Waals surface area (Å²) in [5, 5.41) is 6.38. The molecule has 0 aromatic carbocycles. The molecule has 0 amide bonds. The smallest absolute Gasteiger partial charge is 0.191 e. The van der Waals surface area contributed by atoms with Gasteiger partial charge in [-0.05, 0) is 12.3 Å². The molecule has 0 spiro atoms. The molecule has 0 unspecified atom stereocenters. The van der Waals surface area contributed by atoms with Gasteiger partial charge in [-0.15, -0.1) is 24.0 Å². The zero-order valence-electron chi connectivity index (χ0n) is 14.2. The van der Waals surface area contributed by atoms with Gasteiger partial charge in [0.15, 0.2) is 5.96 Å². The molecule has 0 fully saturated rings. The van der Waals surface area contributed by atoms with Gasteiger partial charge in [0.05, 0.1) is 19.0 Å². The number of unbranched alkanes of at least 4 members (excludes halogenated alkanes) is 1. The van der Waals surface area contributed by atoms with Gasteiger partial charge in [-0.1, -0.05) is 26.7 Å². The van der Waals surface area contributed by atoms with Gasteiger partial charge in [-0.2, -0.15) is 0 Å². The Morgan fingerprint density at radius 2 is 1.77 bits per heavy atom. The zero-order chi connectivity index (χ0) is 16.1. The third-order valence-corrected chi connectivity index (χ3v) is 3.77. The van der Waals surface area contributed by atoms with E-state index in [9.17, 15) is 8.42 Å². The van der Waals surface area contributed by atoms with Crippen LogP contribution in [0.2, 0.25) is 0 Å². The Labute approximate surface area is 152 Å². The fourth-order valence-corrected chi connectivity index (χ4v) is 2.08. The van der Waals surface area contributed by atoms with Crippen LogP contribution in [-0.4, -0.2) is 59.7 Å². The van der Waals surface area contributed by atoms with E-state index in [4.69, 9.17) is 4.74 Å². The predicted molar refractivity (Wildman–Crippen MR) is 104 cm³/mol. The lowest BCUT2D eigenvalue weighted by molar-refractivity contribution is 0.154. The molecule has 134 valence electrons. The quantitative estimate of drug-likeness (QED) is 0.217. The Morgan fingerprint density at radius 1 is 1.14 bits per heavy atom. The molecule has 0 atom stereocenters. The molecule has 8 heteroatoms. The van der Waals surface area contributed by atoms with E-state index in [0.717, 1.165) is 24.8 Å². The lowest BCUT2D eigenvalue weighted by Gasteiger charge is -2.12. The summed E-state index contributed by atoms with van der Waals surface area (Å²) in [7, 11) is -1.21. The van der Waals surface area contributed by atoms with Crippen molar-refractivity contribution in [2.24, 2.45) is 10.9 Å². The second kappa shape index (κ2) is 14.5. The molecule has 22 heavy (non-hydrogen) atoms. The SMILES string of the molecule is CN=C(NCCCCC(C)C)NCCOCCS(C)(=O)=O.I. The van der Waals surface area contributed by atoms with Crippen LogP contribution in [0.15, 0.2) is 4.99 Å². The van der Waals surface area contributed by atoms with Gasteiger partial charge >= 0.3 is 0 Å². The van der Waals surface area contributed by atoms with E-state index in [1.54, 1.807) is 7.05 Å². The summed E-state index contributed by atoms with van der Waals surface area (Å²) >= 11 is 0. The fourth-order valence-electron chi connectivity index (χ4n) is 1.66. The van der Waals surface area contributed by atoms with E-state index < -0.39 is 9.84 Å². The van der Waals surface area contributed by atoms with Crippen molar-refractivity contribution in [1.29, 1.82) is 0 Å². The molecule has 2 N–H and O–H groups in total. The number of rotatable bonds is 11. The predicted octanol–water partition coefficient (Wildman–Crippen LogP) is 1.66. The normalized spacial score (nSPS) is 12.1. The highest BCUT2D eigenvalue weighted by molar-refractivity contribution is 14.0. The van der Waals surface area contributed by atoms with Crippen molar-refractivity contribution >= 4 is 39.8 Å². The van der Waals surface area contributed by atoms with Crippen molar-refractivity contribution < 1.29 is 13.2 Å². The Kier molecular flexibility index (Phi) is 15.9. The summed E-state index contributed by atoms with van der Waals surface area (Å²) in [5.41, 5.74) is 0. The van der Waals surface area contributed by atoms with Gasteiger partial charge in [0, 0.05) is 26.4 Å². The van der Waals surface area contributed by atoms with Crippen molar-refractivity contribution in [2.45, 2.75) is 33.1 Å². The molecular formula is C14H32IN3O3S. The number of hydrogen-bond acceptors (Lipinski definition) is 4. The van der Waals surface area contributed by atoms with E-state index in [0.29, 0.717) is 13.2 Å². The third kappa shape index (κ3) is 18.0. The minimum absolute atomic E-state index is 0. The van der Waals surface area contributed by atoms with Gasteiger partial charge in [-0.3, -0.25) is 4.99 Å². The van der Waals surface area contributed by atoms with Crippen molar-refractivity contribution in [2.75, 3.05) is 45.4 Å². The summed E-state index contributed by atoms with van der Waals surface area (Å²) in [6.45, 7) is 6.68. The highest BCUT2D eigenvalue weighted by atomic mass is 127. The largest absolute Gasteiger partial charge is 0.379 e. The number of nitrogens with one attached hydrogen (secondary N) is 2. The Hall–Kier alpha value is -0.0900. The van der Waals surface area contributed by atoms with Crippen LogP contribution in [0.1, 0.15) is 33.1 Å². The van der Waals surface area contributed by atoms with Crippen molar-refractivity contribution in [1.82, 2.24) is 10.6 Å². The molecule has 0 radical (unpaired) electrons. The molecule has 0 aromatic rings. The van der Waals surface area contributed by atoms with E-state index in [2.05, 4.69) is 29.5 Å². The maximum atomic E-state index is 10.9. The van der Waals surface area contributed by atoms with Crippen molar-refractivity contribution in [3.8, 4) is 0 Å². The molecular weight excluding hydrogens is 417 g/mol. The average Bonchev–Trinajstić information content (AvgIpc) is 2.38. The Balaban J connectivity index is 0. The second-order valence-corrected chi connectivity index (χ2v) is 7.82. The van der Waals surface area contributed by atoms with Gasteiger partial charge in [0.2, 0.25) is 0 Å². The lowest BCUT2D eigenvalue weighted by atomic mass is 10.1. The van der Waals surface area contributed by atoms with Crippen LogP contribution in [0.5, 0.6) is 0 Å². The summed E-state index contributed by atoms with van der Waals surface area (Å²) in [5.74, 6) is 1.58. The molecule has 0 saturated heterocycles. The summed E-state index contributed by atoms with van der Waals surface area (Å²) < 4.78 is 27.1. The van der Waals surface area contributed by atoms with E-state index in [1.165, 1.54) is 19.1 Å². The molecule has 0 aromatic heterocycles. The molecule has 0 saturated carbocycles. The average molecular weight is 449 g/mol. The van der Waals surface area contributed by atoms with Gasteiger partial charge < -0.3 is 15.4 Å².